The van der Waals surface area contributed by atoms with Gasteiger partial charge in [0.2, 0.25) is 0 Å². The zero-order valence-electron chi connectivity index (χ0n) is 7.78. The summed E-state index contributed by atoms with van der Waals surface area (Å²) in [5.41, 5.74) is 2.86. The minimum absolute atomic E-state index is 0.611. The molecule has 0 aliphatic rings. The zero-order chi connectivity index (χ0) is 9.84. The summed E-state index contributed by atoms with van der Waals surface area (Å²) in [6.45, 7) is 3.84. The van der Waals surface area contributed by atoms with E-state index in [-0.39, 0.29) is 0 Å². The molecular formula is C11H12O2. The molecule has 2 heteroatoms. The van der Waals surface area contributed by atoms with Crippen molar-refractivity contribution in [1.82, 2.24) is 0 Å². The Morgan fingerprint density at radius 2 is 1.77 bits per heavy atom. The first kappa shape index (κ1) is 9.65. The van der Waals surface area contributed by atoms with Gasteiger partial charge in [-0.1, -0.05) is 23.8 Å². The monoisotopic (exact) mass is 176 g/mol. The smallest absolute Gasteiger partial charge is 0.134 e. The molecular weight excluding hydrogens is 164 g/mol. The van der Waals surface area contributed by atoms with E-state index in [1.54, 1.807) is 0 Å². The third-order valence-corrected chi connectivity index (χ3v) is 2.09. The molecule has 0 saturated heterocycles. The van der Waals surface area contributed by atoms with Gasteiger partial charge in [0.15, 0.2) is 0 Å². The Morgan fingerprint density at radius 1 is 1.15 bits per heavy atom. The van der Waals surface area contributed by atoms with Crippen molar-refractivity contribution in [2.75, 3.05) is 0 Å². The van der Waals surface area contributed by atoms with E-state index in [2.05, 4.69) is 0 Å². The van der Waals surface area contributed by atoms with Gasteiger partial charge in [0.25, 0.3) is 0 Å². The number of benzene rings is 1. The van der Waals surface area contributed by atoms with Crippen LogP contribution in [0.2, 0.25) is 0 Å². The van der Waals surface area contributed by atoms with Crippen molar-refractivity contribution in [3.8, 4) is 0 Å². The standard InChI is InChI=1S/C11H12O2/c1-8-3-4-9(2)11(5-8)10(6-12)7-13/h3-7,10H,1-2H3. The van der Waals surface area contributed by atoms with Gasteiger partial charge >= 0.3 is 0 Å². The Bertz CT molecular complexity index is 321. The molecule has 0 bridgehead atoms. The summed E-state index contributed by atoms with van der Waals surface area (Å²) in [5, 5.41) is 0. The molecule has 68 valence electrons. The number of carbonyl (C=O) groups excluding carboxylic acids is 2. The zero-order valence-corrected chi connectivity index (χ0v) is 7.78. The highest BCUT2D eigenvalue weighted by atomic mass is 16.1. The Labute approximate surface area is 77.6 Å². The maximum atomic E-state index is 10.6. The van der Waals surface area contributed by atoms with Crippen molar-refractivity contribution < 1.29 is 9.59 Å². The van der Waals surface area contributed by atoms with Crippen LogP contribution in [-0.2, 0) is 9.59 Å². The summed E-state index contributed by atoms with van der Waals surface area (Å²) in [6.07, 6.45) is 1.35. The number of aryl methyl sites for hydroxylation is 2. The molecule has 2 nitrogen and oxygen atoms in total. The van der Waals surface area contributed by atoms with Crippen molar-refractivity contribution in [2.24, 2.45) is 0 Å². The van der Waals surface area contributed by atoms with Crippen molar-refractivity contribution in [3.05, 3.63) is 34.9 Å². The lowest BCUT2D eigenvalue weighted by molar-refractivity contribution is -0.116. The molecule has 1 rings (SSSR count). The Kier molecular flexibility index (Phi) is 2.96. The van der Waals surface area contributed by atoms with Crippen LogP contribution in [0.15, 0.2) is 18.2 Å². The Morgan fingerprint density at radius 3 is 2.31 bits per heavy atom. The second-order valence-corrected chi connectivity index (χ2v) is 3.16. The van der Waals surface area contributed by atoms with Crippen molar-refractivity contribution in [2.45, 2.75) is 19.8 Å². The van der Waals surface area contributed by atoms with Crippen LogP contribution in [0.3, 0.4) is 0 Å². The van der Waals surface area contributed by atoms with Crippen LogP contribution in [0, 0.1) is 13.8 Å². The van der Waals surface area contributed by atoms with Gasteiger partial charge in [-0.15, -0.1) is 0 Å². The minimum Gasteiger partial charge on any atom is -0.302 e. The van der Waals surface area contributed by atoms with Crippen LogP contribution in [0.5, 0.6) is 0 Å². The number of aldehydes is 2. The fourth-order valence-electron chi connectivity index (χ4n) is 1.30. The lowest BCUT2D eigenvalue weighted by Gasteiger charge is -2.07. The first-order valence-electron chi connectivity index (χ1n) is 4.16. The fraction of sp³-hybridized carbons (Fsp3) is 0.273. The van der Waals surface area contributed by atoms with Gasteiger partial charge in [-0.05, 0) is 25.0 Å². The van der Waals surface area contributed by atoms with Crippen molar-refractivity contribution in [3.63, 3.8) is 0 Å². The third kappa shape index (κ3) is 2.02. The van der Waals surface area contributed by atoms with E-state index in [9.17, 15) is 9.59 Å². The van der Waals surface area contributed by atoms with E-state index in [0.29, 0.717) is 12.6 Å². The highest BCUT2D eigenvalue weighted by molar-refractivity contribution is 5.85. The number of hydrogen-bond donors (Lipinski definition) is 0. The van der Waals surface area contributed by atoms with Gasteiger partial charge in [-0.2, -0.15) is 0 Å². The molecule has 0 spiro atoms. The summed E-state index contributed by atoms with van der Waals surface area (Å²) < 4.78 is 0. The second-order valence-electron chi connectivity index (χ2n) is 3.16. The summed E-state index contributed by atoms with van der Waals surface area (Å²) in [4.78, 5) is 21.1. The van der Waals surface area contributed by atoms with Gasteiger partial charge in [0.1, 0.15) is 12.6 Å². The normalized spacial score (nSPS) is 10.1. The second kappa shape index (κ2) is 3.99. The van der Waals surface area contributed by atoms with Gasteiger partial charge in [-0.3, -0.25) is 0 Å². The molecule has 1 aromatic carbocycles. The van der Waals surface area contributed by atoms with Crippen LogP contribution in [0.25, 0.3) is 0 Å². The van der Waals surface area contributed by atoms with Crippen LogP contribution >= 0.6 is 0 Å². The highest BCUT2D eigenvalue weighted by Crippen LogP contribution is 2.17. The predicted octanol–water partition coefficient (Wildman–Crippen LogP) is 1.78. The van der Waals surface area contributed by atoms with Gasteiger partial charge in [0, 0.05) is 0 Å². The molecule has 0 radical (unpaired) electrons. The van der Waals surface area contributed by atoms with E-state index >= 15 is 0 Å². The van der Waals surface area contributed by atoms with Gasteiger partial charge < -0.3 is 9.59 Å². The molecule has 0 aliphatic carbocycles. The molecule has 0 saturated carbocycles. The molecule has 0 atom stereocenters. The van der Waals surface area contributed by atoms with Gasteiger partial charge in [0.05, 0.1) is 5.92 Å². The van der Waals surface area contributed by atoms with E-state index < -0.39 is 5.92 Å². The summed E-state index contributed by atoms with van der Waals surface area (Å²) in [7, 11) is 0. The van der Waals surface area contributed by atoms with Crippen LogP contribution in [-0.4, -0.2) is 12.6 Å². The van der Waals surface area contributed by atoms with Crippen molar-refractivity contribution >= 4 is 12.6 Å². The van der Waals surface area contributed by atoms with Crippen LogP contribution in [0.4, 0.5) is 0 Å². The highest BCUT2D eigenvalue weighted by Gasteiger charge is 2.11. The Hall–Kier alpha value is -1.44. The third-order valence-electron chi connectivity index (χ3n) is 2.09. The Balaban J connectivity index is 3.17. The van der Waals surface area contributed by atoms with Crippen molar-refractivity contribution in [1.29, 1.82) is 0 Å². The average Bonchev–Trinajstić information content (AvgIpc) is 2.13. The maximum Gasteiger partial charge on any atom is 0.134 e. The maximum absolute atomic E-state index is 10.6. The SMILES string of the molecule is Cc1ccc(C)c(C(C=O)C=O)c1. The summed E-state index contributed by atoms with van der Waals surface area (Å²) in [5.74, 6) is -0.611. The largest absolute Gasteiger partial charge is 0.302 e. The molecule has 0 N–H and O–H groups in total. The number of rotatable bonds is 3. The summed E-state index contributed by atoms with van der Waals surface area (Å²) >= 11 is 0. The molecule has 1 aromatic rings. The molecule has 0 unspecified atom stereocenters. The number of hydrogen-bond acceptors (Lipinski definition) is 2. The van der Waals surface area contributed by atoms with E-state index in [4.69, 9.17) is 0 Å². The molecule has 0 aliphatic heterocycles. The lowest BCUT2D eigenvalue weighted by atomic mass is 9.95. The topological polar surface area (TPSA) is 34.1 Å². The molecule has 0 aromatic heterocycles. The first-order chi connectivity index (χ1) is 6.19. The molecule has 0 heterocycles. The molecule has 0 amide bonds. The first-order valence-corrected chi connectivity index (χ1v) is 4.16. The van der Waals surface area contributed by atoms with E-state index in [0.717, 1.165) is 16.7 Å². The fourth-order valence-corrected chi connectivity index (χ4v) is 1.30. The van der Waals surface area contributed by atoms with Gasteiger partial charge in [-0.25, -0.2) is 0 Å². The van der Waals surface area contributed by atoms with E-state index in [1.165, 1.54) is 0 Å². The lowest BCUT2D eigenvalue weighted by Crippen LogP contribution is -2.03. The van der Waals surface area contributed by atoms with E-state index in [1.807, 2.05) is 32.0 Å². The molecule has 13 heavy (non-hydrogen) atoms. The quantitative estimate of drug-likeness (QED) is 0.519. The number of carbonyl (C=O) groups is 2. The minimum atomic E-state index is -0.611. The van der Waals surface area contributed by atoms with Crippen LogP contribution < -0.4 is 0 Å². The predicted molar refractivity (Wildman–Crippen MR) is 50.8 cm³/mol. The summed E-state index contributed by atoms with van der Waals surface area (Å²) in [6, 6.07) is 5.76. The van der Waals surface area contributed by atoms with Crippen LogP contribution in [0.1, 0.15) is 22.6 Å². The average molecular weight is 176 g/mol. The molecule has 0 fully saturated rings.